The molecular weight excluding hydrogens is 430 g/mol. The maximum absolute atomic E-state index is 13.3. The molecule has 5 rings (SSSR count). The van der Waals surface area contributed by atoms with E-state index in [0.29, 0.717) is 24.4 Å². The van der Waals surface area contributed by atoms with Crippen LogP contribution in [0.1, 0.15) is 34.8 Å². The molecule has 2 aromatic rings. The number of carbonyl (C=O) groups is 1. The summed E-state index contributed by atoms with van der Waals surface area (Å²) in [6.45, 7) is 6.93. The minimum atomic E-state index is -0.620. The third-order valence-electron chi connectivity index (χ3n) is 7.04. The van der Waals surface area contributed by atoms with E-state index in [1.165, 1.54) is 11.1 Å². The number of aliphatic hydroxyl groups is 1. The molecule has 3 aliphatic heterocycles. The van der Waals surface area contributed by atoms with E-state index in [9.17, 15) is 9.90 Å². The summed E-state index contributed by atoms with van der Waals surface area (Å²) in [4.78, 5) is 19.6. The van der Waals surface area contributed by atoms with Gasteiger partial charge in [0.2, 0.25) is 0 Å². The molecule has 1 N–H and O–H groups in total. The van der Waals surface area contributed by atoms with Gasteiger partial charge in [0.05, 0.1) is 18.2 Å². The number of carbonyl (C=O) groups excluding carboxylic acids is 1. The zero-order valence-corrected chi connectivity index (χ0v) is 20.2. The van der Waals surface area contributed by atoms with Gasteiger partial charge in [0, 0.05) is 45.3 Å². The van der Waals surface area contributed by atoms with Crippen LogP contribution in [-0.2, 0) is 13.0 Å². The van der Waals surface area contributed by atoms with Crippen LogP contribution in [0, 0.1) is 0 Å². The first kappa shape index (κ1) is 23.1. The molecule has 0 aliphatic carbocycles. The number of ether oxygens (including phenoxy) is 2. The van der Waals surface area contributed by atoms with Crippen molar-refractivity contribution in [2.24, 2.45) is 0 Å². The van der Waals surface area contributed by atoms with Crippen LogP contribution in [0.4, 0.5) is 0 Å². The molecule has 3 atom stereocenters. The maximum atomic E-state index is 13.3. The lowest BCUT2D eigenvalue weighted by Gasteiger charge is -2.32. The number of aliphatic hydroxyl groups excluding tert-OH is 1. The molecule has 34 heavy (non-hydrogen) atoms. The van der Waals surface area contributed by atoms with Gasteiger partial charge in [-0.15, -0.1) is 0 Å². The number of hydrogen-bond donors (Lipinski definition) is 1. The van der Waals surface area contributed by atoms with Gasteiger partial charge in [-0.2, -0.15) is 0 Å². The number of rotatable bonds is 6. The average Bonchev–Trinajstić information content (AvgIpc) is 3.17. The highest BCUT2D eigenvalue weighted by Crippen LogP contribution is 2.31. The first-order chi connectivity index (χ1) is 16.4. The summed E-state index contributed by atoms with van der Waals surface area (Å²) >= 11 is 0. The molecule has 182 valence electrons. The van der Waals surface area contributed by atoms with Gasteiger partial charge in [-0.05, 0) is 50.1 Å². The van der Waals surface area contributed by atoms with Gasteiger partial charge in [0.1, 0.15) is 23.7 Å². The highest BCUT2D eigenvalue weighted by atomic mass is 16.5. The van der Waals surface area contributed by atoms with Crippen LogP contribution in [0.25, 0.3) is 0 Å². The molecule has 1 saturated heterocycles. The average molecular weight is 466 g/mol. The van der Waals surface area contributed by atoms with E-state index >= 15 is 0 Å². The maximum Gasteiger partial charge on any atom is 0.257 e. The molecule has 3 aliphatic rings. The number of hydrogen-bond acceptors (Lipinski definition) is 6. The van der Waals surface area contributed by atoms with Crippen LogP contribution >= 0.6 is 0 Å². The predicted molar refractivity (Wildman–Crippen MR) is 130 cm³/mol. The van der Waals surface area contributed by atoms with Crippen LogP contribution in [-0.4, -0.2) is 90.3 Å². The summed E-state index contributed by atoms with van der Waals surface area (Å²) in [5, 5.41) is 10.9. The lowest BCUT2D eigenvalue weighted by molar-refractivity contribution is 0.0454. The van der Waals surface area contributed by atoms with Crippen molar-refractivity contribution < 1.29 is 19.4 Å². The van der Waals surface area contributed by atoms with Crippen molar-refractivity contribution in [2.45, 2.75) is 44.6 Å². The second-order valence-corrected chi connectivity index (χ2v) is 9.99. The minimum absolute atomic E-state index is 0.102. The Balaban J connectivity index is 1.23. The number of amides is 1. The van der Waals surface area contributed by atoms with Gasteiger partial charge in [0.25, 0.3) is 5.91 Å². The monoisotopic (exact) mass is 465 g/mol. The zero-order valence-electron chi connectivity index (χ0n) is 20.2. The van der Waals surface area contributed by atoms with Gasteiger partial charge >= 0.3 is 0 Å². The topological polar surface area (TPSA) is 65.5 Å². The Morgan fingerprint density at radius 2 is 1.94 bits per heavy atom. The van der Waals surface area contributed by atoms with E-state index in [1.807, 2.05) is 19.1 Å². The van der Waals surface area contributed by atoms with E-state index in [-0.39, 0.29) is 24.7 Å². The summed E-state index contributed by atoms with van der Waals surface area (Å²) in [5.41, 5.74) is 3.24. The van der Waals surface area contributed by atoms with Gasteiger partial charge in [0.15, 0.2) is 0 Å². The van der Waals surface area contributed by atoms with E-state index in [2.05, 4.69) is 41.1 Å². The van der Waals surface area contributed by atoms with Crippen LogP contribution in [0.5, 0.6) is 11.5 Å². The van der Waals surface area contributed by atoms with Crippen molar-refractivity contribution >= 4 is 5.91 Å². The third kappa shape index (κ3) is 5.22. The van der Waals surface area contributed by atoms with Crippen LogP contribution in [0.3, 0.4) is 0 Å². The Morgan fingerprint density at radius 1 is 1.12 bits per heavy atom. The smallest absolute Gasteiger partial charge is 0.257 e. The van der Waals surface area contributed by atoms with Crippen molar-refractivity contribution in [3.8, 4) is 11.5 Å². The van der Waals surface area contributed by atoms with E-state index in [0.717, 1.165) is 44.8 Å². The molecular formula is C27H35N3O4. The Kier molecular flexibility index (Phi) is 6.77. The summed E-state index contributed by atoms with van der Waals surface area (Å²) in [5.74, 6) is 1.19. The van der Waals surface area contributed by atoms with Crippen molar-refractivity contribution in [2.75, 3.05) is 46.3 Å². The lowest BCUT2D eigenvalue weighted by Crippen LogP contribution is -2.45. The molecule has 7 nitrogen and oxygen atoms in total. The van der Waals surface area contributed by atoms with Crippen LogP contribution in [0.2, 0.25) is 0 Å². The molecule has 0 aromatic heterocycles. The first-order valence-electron chi connectivity index (χ1n) is 12.4. The lowest BCUT2D eigenvalue weighted by atomic mass is 10.00. The van der Waals surface area contributed by atoms with Crippen molar-refractivity contribution in [3.05, 3.63) is 59.2 Å². The summed E-state index contributed by atoms with van der Waals surface area (Å²) in [6.07, 6.45) is 1.36. The van der Waals surface area contributed by atoms with E-state index in [1.54, 1.807) is 11.0 Å². The van der Waals surface area contributed by atoms with E-state index < -0.39 is 6.10 Å². The van der Waals surface area contributed by atoms with Crippen molar-refractivity contribution in [1.82, 2.24) is 14.7 Å². The fourth-order valence-electron chi connectivity index (χ4n) is 5.33. The van der Waals surface area contributed by atoms with Gasteiger partial charge in [-0.25, -0.2) is 0 Å². The Bertz CT molecular complexity index is 1030. The molecule has 3 heterocycles. The molecule has 0 bridgehead atoms. The first-order valence-corrected chi connectivity index (χ1v) is 12.4. The Hall–Kier alpha value is -2.61. The number of benzene rings is 2. The Labute approximate surface area is 201 Å². The van der Waals surface area contributed by atoms with Gasteiger partial charge in [-0.1, -0.05) is 24.3 Å². The highest BCUT2D eigenvalue weighted by molar-refractivity contribution is 5.97. The number of likely N-dealkylation sites (N-methyl/N-ethyl adjacent to an activating group) is 1. The molecule has 1 fully saturated rings. The molecule has 0 spiro atoms. The fourth-order valence-corrected chi connectivity index (χ4v) is 5.33. The normalized spacial score (nSPS) is 24.2. The number of β-amino-alcohol motifs (C(OH)–C–C–N with tert-alkyl or cyclic N) is 1. The van der Waals surface area contributed by atoms with Crippen molar-refractivity contribution in [1.29, 1.82) is 0 Å². The SMILES string of the molecule is C[C@@H]1CN(CC(O)CN2CCc3ccccc3C2)C(=O)c2ccc(O[C@H]3CCN(C)C3)cc2O1. The zero-order chi connectivity index (χ0) is 23.7. The van der Waals surface area contributed by atoms with E-state index in [4.69, 9.17) is 9.47 Å². The standard InChI is InChI=1S/C27H35N3O4/c1-19-14-30(17-22(31)16-29-12-9-20-5-3-4-6-21(20)15-29)27(32)25-8-7-23(13-26(25)33-19)34-24-10-11-28(2)18-24/h3-8,13,19,22,24,31H,9-12,14-18H2,1-2H3/t19-,22?,24+/m1/s1. The number of likely N-dealkylation sites (tertiary alicyclic amines) is 1. The quantitative estimate of drug-likeness (QED) is 0.707. The van der Waals surface area contributed by atoms with Crippen LogP contribution in [0.15, 0.2) is 42.5 Å². The number of fused-ring (bicyclic) bond motifs is 2. The second-order valence-electron chi connectivity index (χ2n) is 9.99. The minimum Gasteiger partial charge on any atom is -0.489 e. The molecule has 0 saturated carbocycles. The predicted octanol–water partition coefficient (Wildman–Crippen LogP) is 2.41. The van der Waals surface area contributed by atoms with Crippen molar-refractivity contribution in [3.63, 3.8) is 0 Å². The van der Waals surface area contributed by atoms with Gasteiger partial charge < -0.3 is 24.4 Å². The summed E-state index contributed by atoms with van der Waals surface area (Å²) in [6, 6.07) is 14.0. The highest BCUT2D eigenvalue weighted by Gasteiger charge is 2.30. The molecule has 7 heteroatoms. The van der Waals surface area contributed by atoms with Gasteiger partial charge in [-0.3, -0.25) is 9.69 Å². The summed E-state index contributed by atoms with van der Waals surface area (Å²) in [7, 11) is 2.09. The molecule has 1 unspecified atom stereocenters. The molecule has 0 radical (unpaired) electrons. The summed E-state index contributed by atoms with van der Waals surface area (Å²) < 4.78 is 12.2. The Morgan fingerprint density at radius 3 is 2.74 bits per heavy atom. The largest absolute Gasteiger partial charge is 0.489 e. The fraction of sp³-hybridized carbons (Fsp3) is 0.519. The molecule has 2 aromatic carbocycles. The second kappa shape index (κ2) is 9.94. The van der Waals surface area contributed by atoms with Crippen LogP contribution < -0.4 is 9.47 Å². The number of nitrogens with zero attached hydrogens (tertiary/aromatic N) is 3. The molecule has 1 amide bonds. The third-order valence-corrected chi connectivity index (χ3v) is 7.04.